The average molecular weight is 400 g/mol. The molecule has 1 aromatic heterocycles. The standard InChI is InChI=1S/C18H23F3N4OS/c1-4-22-17(24-10-16-25-15(11-27-16)18(19,20)21)23-8-7-13-9-12(2)5-6-14(13)26-3/h5-6,9,11H,4,7-8,10H2,1-3H3,(H2,22,23,24). The third-order valence-electron chi connectivity index (χ3n) is 3.68. The molecule has 0 amide bonds. The predicted octanol–water partition coefficient (Wildman–Crippen LogP) is 3.78. The van der Waals surface area contributed by atoms with E-state index >= 15 is 0 Å². The van der Waals surface area contributed by atoms with Gasteiger partial charge in [0.15, 0.2) is 11.7 Å². The van der Waals surface area contributed by atoms with Crippen molar-refractivity contribution in [3.05, 3.63) is 45.4 Å². The molecule has 0 fully saturated rings. The molecule has 0 spiro atoms. The normalized spacial score (nSPS) is 12.1. The van der Waals surface area contributed by atoms with Crippen LogP contribution in [0.25, 0.3) is 0 Å². The van der Waals surface area contributed by atoms with Crippen LogP contribution < -0.4 is 15.4 Å². The predicted molar refractivity (Wildman–Crippen MR) is 101 cm³/mol. The number of guanidine groups is 1. The lowest BCUT2D eigenvalue weighted by Gasteiger charge is -2.13. The fraction of sp³-hybridized carbons (Fsp3) is 0.444. The van der Waals surface area contributed by atoms with E-state index in [1.807, 2.05) is 26.0 Å². The number of halogens is 3. The third kappa shape index (κ3) is 6.42. The van der Waals surface area contributed by atoms with Gasteiger partial charge in [0.2, 0.25) is 0 Å². The number of methoxy groups -OCH3 is 1. The van der Waals surface area contributed by atoms with Crippen LogP contribution in [0.4, 0.5) is 13.2 Å². The summed E-state index contributed by atoms with van der Waals surface area (Å²) in [6.45, 7) is 5.28. The number of thiazole rings is 1. The number of alkyl halides is 3. The molecule has 2 N–H and O–H groups in total. The van der Waals surface area contributed by atoms with Crippen LogP contribution in [-0.2, 0) is 19.1 Å². The first-order valence-corrected chi connectivity index (χ1v) is 9.38. The first-order valence-electron chi connectivity index (χ1n) is 8.50. The summed E-state index contributed by atoms with van der Waals surface area (Å²) in [7, 11) is 1.64. The minimum atomic E-state index is -4.42. The summed E-state index contributed by atoms with van der Waals surface area (Å²) in [5.41, 5.74) is 1.36. The summed E-state index contributed by atoms with van der Waals surface area (Å²) in [5, 5.41) is 7.59. The smallest absolute Gasteiger partial charge is 0.434 e. The van der Waals surface area contributed by atoms with Gasteiger partial charge < -0.3 is 15.4 Å². The summed E-state index contributed by atoms with van der Waals surface area (Å²) in [4.78, 5) is 7.90. The summed E-state index contributed by atoms with van der Waals surface area (Å²) in [6.07, 6.45) is -3.70. The molecule has 2 rings (SSSR count). The van der Waals surface area contributed by atoms with Crippen LogP contribution in [-0.4, -0.2) is 31.1 Å². The maximum absolute atomic E-state index is 12.6. The van der Waals surface area contributed by atoms with Crippen molar-refractivity contribution < 1.29 is 17.9 Å². The second-order valence-corrected chi connectivity index (χ2v) is 6.75. The van der Waals surface area contributed by atoms with Gasteiger partial charge in [-0.15, -0.1) is 11.3 Å². The average Bonchev–Trinajstić information content (AvgIpc) is 3.09. The van der Waals surface area contributed by atoms with Crippen molar-refractivity contribution in [1.29, 1.82) is 0 Å². The lowest BCUT2D eigenvalue weighted by atomic mass is 10.1. The van der Waals surface area contributed by atoms with E-state index in [2.05, 4.69) is 26.7 Å². The van der Waals surface area contributed by atoms with Gasteiger partial charge in [0.1, 0.15) is 10.8 Å². The van der Waals surface area contributed by atoms with Gasteiger partial charge in [0.25, 0.3) is 0 Å². The summed E-state index contributed by atoms with van der Waals surface area (Å²) < 4.78 is 43.2. The van der Waals surface area contributed by atoms with Gasteiger partial charge in [-0.3, -0.25) is 0 Å². The van der Waals surface area contributed by atoms with Crippen molar-refractivity contribution in [3.8, 4) is 5.75 Å². The Bertz CT molecular complexity index is 774. The number of ether oxygens (including phenoxy) is 1. The Morgan fingerprint density at radius 3 is 2.70 bits per heavy atom. The molecule has 0 radical (unpaired) electrons. The number of aryl methyl sites for hydroxylation is 1. The Morgan fingerprint density at radius 1 is 1.30 bits per heavy atom. The van der Waals surface area contributed by atoms with Crippen LogP contribution in [0.1, 0.15) is 28.8 Å². The minimum Gasteiger partial charge on any atom is -0.496 e. The number of nitrogens with one attached hydrogen (secondary N) is 2. The van der Waals surface area contributed by atoms with E-state index in [1.54, 1.807) is 7.11 Å². The van der Waals surface area contributed by atoms with E-state index in [1.165, 1.54) is 0 Å². The summed E-state index contributed by atoms with van der Waals surface area (Å²) in [6, 6.07) is 5.99. The number of hydrogen-bond donors (Lipinski definition) is 2. The highest BCUT2D eigenvalue weighted by Gasteiger charge is 2.33. The second-order valence-electron chi connectivity index (χ2n) is 5.81. The lowest BCUT2D eigenvalue weighted by molar-refractivity contribution is -0.140. The van der Waals surface area contributed by atoms with Gasteiger partial charge in [-0.2, -0.15) is 13.2 Å². The quantitative estimate of drug-likeness (QED) is 0.549. The SMILES string of the molecule is CCNC(=NCc1nc(C(F)(F)F)cs1)NCCc1cc(C)ccc1OC. The molecule has 9 heteroatoms. The van der Waals surface area contributed by atoms with Crippen molar-refractivity contribution in [2.24, 2.45) is 4.99 Å². The number of benzene rings is 1. The number of nitrogens with zero attached hydrogens (tertiary/aromatic N) is 2. The van der Waals surface area contributed by atoms with Crippen molar-refractivity contribution in [1.82, 2.24) is 15.6 Å². The Hall–Kier alpha value is -2.29. The third-order valence-corrected chi connectivity index (χ3v) is 4.52. The van der Waals surface area contributed by atoms with E-state index < -0.39 is 11.9 Å². The zero-order chi connectivity index (χ0) is 19.9. The fourth-order valence-electron chi connectivity index (χ4n) is 2.42. The Labute approximate surface area is 160 Å². The van der Waals surface area contributed by atoms with Gasteiger partial charge in [-0.1, -0.05) is 17.7 Å². The highest BCUT2D eigenvalue weighted by atomic mass is 32.1. The molecule has 1 aromatic carbocycles. The molecule has 0 aliphatic rings. The van der Waals surface area contributed by atoms with Crippen molar-refractivity contribution >= 4 is 17.3 Å². The first kappa shape index (κ1) is 21.0. The van der Waals surface area contributed by atoms with Crippen LogP contribution in [0.3, 0.4) is 0 Å². The van der Waals surface area contributed by atoms with E-state index in [-0.39, 0.29) is 6.54 Å². The van der Waals surface area contributed by atoms with Gasteiger partial charge in [0.05, 0.1) is 13.7 Å². The van der Waals surface area contributed by atoms with Gasteiger partial charge in [0, 0.05) is 18.5 Å². The molecule has 0 aliphatic heterocycles. The molecule has 0 saturated heterocycles. The Balaban J connectivity index is 1.96. The molecule has 0 aliphatic carbocycles. The number of hydrogen-bond acceptors (Lipinski definition) is 4. The van der Waals surface area contributed by atoms with Crippen molar-refractivity contribution in [2.75, 3.05) is 20.2 Å². The van der Waals surface area contributed by atoms with Crippen LogP contribution in [0.5, 0.6) is 5.75 Å². The Kier molecular flexibility index (Phi) is 7.46. The molecule has 2 aromatic rings. The van der Waals surface area contributed by atoms with E-state index in [4.69, 9.17) is 4.74 Å². The monoisotopic (exact) mass is 400 g/mol. The number of aromatic nitrogens is 1. The zero-order valence-corrected chi connectivity index (χ0v) is 16.3. The van der Waals surface area contributed by atoms with Crippen molar-refractivity contribution in [2.45, 2.75) is 33.0 Å². The molecular formula is C18H23F3N4OS. The zero-order valence-electron chi connectivity index (χ0n) is 15.5. The van der Waals surface area contributed by atoms with Crippen LogP contribution >= 0.6 is 11.3 Å². The lowest BCUT2D eigenvalue weighted by Crippen LogP contribution is -2.38. The number of rotatable bonds is 7. The number of aliphatic imine (C=N–C) groups is 1. The summed E-state index contributed by atoms with van der Waals surface area (Å²) >= 11 is 0.953. The molecule has 0 unspecified atom stereocenters. The molecule has 5 nitrogen and oxygen atoms in total. The molecular weight excluding hydrogens is 377 g/mol. The van der Waals surface area contributed by atoms with Gasteiger partial charge >= 0.3 is 6.18 Å². The van der Waals surface area contributed by atoms with Crippen LogP contribution in [0, 0.1) is 6.92 Å². The van der Waals surface area contributed by atoms with Gasteiger partial charge in [-0.25, -0.2) is 9.98 Å². The first-order chi connectivity index (χ1) is 12.8. The maximum Gasteiger partial charge on any atom is 0.434 e. The second kappa shape index (κ2) is 9.59. The highest BCUT2D eigenvalue weighted by molar-refractivity contribution is 7.09. The Morgan fingerprint density at radius 2 is 2.07 bits per heavy atom. The molecule has 0 atom stereocenters. The van der Waals surface area contributed by atoms with Crippen molar-refractivity contribution in [3.63, 3.8) is 0 Å². The minimum absolute atomic E-state index is 0.0871. The van der Waals surface area contributed by atoms with Crippen LogP contribution in [0.2, 0.25) is 0 Å². The molecule has 27 heavy (non-hydrogen) atoms. The molecule has 0 saturated carbocycles. The molecule has 1 heterocycles. The van der Waals surface area contributed by atoms with E-state index in [0.717, 1.165) is 40.0 Å². The topological polar surface area (TPSA) is 58.5 Å². The van der Waals surface area contributed by atoms with Gasteiger partial charge in [-0.05, 0) is 31.9 Å². The van der Waals surface area contributed by atoms with E-state index in [9.17, 15) is 13.2 Å². The van der Waals surface area contributed by atoms with E-state index in [0.29, 0.717) is 24.1 Å². The molecule has 148 valence electrons. The van der Waals surface area contributed by atoms with Crippen LogP contribution in [0.15, 0.2) is 28.6 Å². The summed E-state index contributed by atoms with van der Waals surface area (Å²) in [5.74, 6) is 1.36. The largest absolute Gasteiger partial charge is 0.496 e. The highest BCUT2D eigenvalue weighted by Crippen LogP contribution is 2.30. The fourth-order valence-corrected chi connectivity index (χ4v) is 3.14. The maximum atomic E-state index is 12.6. The molecule has 0 bridgehead atoms.